The maximum Gasteiger partial charge on any atom is 0.306 e. The number of fused-ring (bicyclic) bond motifs is 1. The third-order valence-electron chi connectivity index (χ3n) is 4.68. The lowest BCUT2D eigenvalue weighted by atomic mass is 10.1. The molecule has 1 heterocycles. The highest BCUT2D eigenvalue weighted by molar-refractivity contribution is 5.80. The molecular weight excluding hydrogens is 372 g/mol. The quantitative estimate of drug-likeness (QED) is 0.544. The van der Waals surface area contributed by atoms with Crippen LogP contribution in [0, 0.1) is 6.92 Å². The zero-order valence-electron chi connectivity index (χ0n) is 16.8. The summed E-state index contributed by atoms with van der Waals surface area (Å²) in [5, 5.41) is 0.587. The van der Waals surface area contributed by atoms with E-state index in [9.17, 15) is 9.59 Å². The van der Waals surface area contributed by atoms with E-state index in [-0.39, 0.29) is 24.6 Å². The highest BCUT2D eigenvalue weighted by Crippen LogP contribution is 2.27. The van der Waals surface area contributed by atoms with Gasteiger partial charge in [-0.2, -0.15) is 0 Å². The summed E-state index contributed by atoms with van der Waals surface area (Å²) in [6.07, 6.45) is 2.24. The van der Waals surface area contributed by atoms with Crippen molar-refractivity contribution in [1.29, 1.82) is 0 Å². The van der Waals surface area contributed by atoms with Crippen LogP contribution in [0.1, 0.15) is 24.0 Å². The molecule has 152 valence electrons. The lowest BCUT2D eigenvalue weighted by Crippen LogP contribution is -2.21. The van der Waals surface area contributed by atoms with Crippen molar-refractivity contribution >= 4 is 16.9 Å². The van der Waals surface area contributed by atoms with Crippen LogP contribution in [0.3, 0.4) is 0 Å². The fourth-order valence-corrected chi connectivity index (χ4v) is 3.10. The van der Waals surface area contributed by atoms with E-state index in [1.807, 2.05) is 25.1 Å². The molecule has 0 unspecified atom stereocenters. The lowest BCUT2D eigenvalue weighted by Gasteiger charge is -2.10. The second-order valence-corrected chi connectivity index (χ2v) is 6.67. The second kappa shape index (κ2) is 9.23. The molecule has 29 heavy (non-hydrogen) atoms. The molecule has 0 aliphatic carbocycles. The van der Waals surface area contributed by atoms with Crippen LogP contribution in [0.15, 0.2) is 47.5 Å². The van der Waals surface area contributed by atoms with Gasteiger partial charge >= 0.3 is 5.97 Å². The number of aryl methyl sites for hydroxylation is 2. The fourth-order valence-electron chi connectivity index (χ4n) is 3.10. The van der Waals surface area contributed by atoms with Gasteiger partial charge in [0.25, 0.3) is 5.56 Å². The zero-order valence-corrected chi connectivity index (χ0v) is 16.8. The Bertz CT molecular complexity index is 1070. The molecule has 0 atom stereocenters. The molecule has 0 aliphatic heterocycles. The van der Waals surface area contributed by atoms with E-state index in [4.69, 9.17) is 14.2 Å². The van der Waals surface area contributed by atoms with Gasteiger partial charge < -0.3 is 14.2 Å². The standard InChI is InChI=1S/C22H24N2O5/c1-15-6-4-7-17-21(15)23-14-24(22(17)26)11-5-8-20(25)29-13-16-9-10-18(27-2)19(12-16)28-3/h4,6-7,9-10,12,14H,5,8,11,13H2,1-3H3. The number of benzene rings is 2. The van der Waals surface area contributed by atoms with Crippen LogP contribution in [-0.2, 0) is 22.7 Å². The number of methoxy groups -OCH3 is 2. The topological polar surface area (TPSA) is 79.7 Å². The Kier molecular flexibility index (Phi) is 6.49. The third-order valence-corrected chi connectivity index (χ3v) is 4.68. The van der Waals surface area contributed by atoms with Crippen LogP contribution in [0.5, 0.6) is 11.5 Å². The van der Waals surface area contributed by atoms with Crippen LogP contribution in [0.25, 0.3) is 10.9 Å². The molecule has 0 amide bonds. The Morgan fingerprint density at radius 1 is 1.10 bits per heavy atom. The summed E-state index contributed by atoms with van der Waals surface area (Å²) >= 11 is 0. The first-order chi connectivity index (χ1) is 14.0. The van der Waals surface area contributed by atoms with Crippen molar-refractivity contribution in [2.24, 2.45) is 0 Å². The largest absolute Gasteiger partial charge is 0.493 e. The van der Waals surface area contributed by atoms with Crippen molar-refractivity contribution in [1.82, 2.24) is 9.55 Å². The molecule has 0 spiro atoms. The first-order valence-corrected chi connectivity index (χ1v) is 9.34. The van der Waals surface area contributed by atoms with Crippen molar-refractivity contribution in [2.45, 2.75) is 32.9 Å². The van der Waals surface area contributed by atoms with Gasteiger partial charge in [0.2, 0.25) is 0 Å². The Morgan fingerprint density at radius 3 is 2.66 bits per heavy atom. The summed E-state index contributed by atoms with van der Waals surface area (Å²) in [6, 6.07) is 10.9. The van der Waals surface area contributed by atoms with Crippen LogP contribution in [0.2, 0.25) is 0 Å². The highest BCUT2D eigenvalue weighted by Gasteiger charge is 2.09. The molecule has 0 fully saturated rings. The molecule has 0 N–H and O–H groups in total. The van der Waals surface area contributed by atoms with E-state index in [0.717, 1.165) is 11.1 Å². The number of ether oxygens (including phenoxy) is 3. The van der Waals surface area contributed by atoms with Gasteiger partial charge in [-0.3, -0.25) is 14.2 Å². The average Bonchev–Trinajstić information content (AvgIpc) is 2.74. The minimum Gasteiger partial charge on any atom is -0.493 e. The smallest absolute Gasteiger partial charge is 0.306 e. The van der Waals surface area contributed by atoms with Gasteiger partial charge in [-0.1, -0.05) is 18.2 Å². The van der Waals surface area contributed by atoms with Crippen molar-refractivity contribution in [3.05, 3.63) is 64.2 Å². The number of carbonyl (C=O) groups is 1. The van der Waals surface area contributed by atoms with Crippen LogP contribution < -0.4 is 15.0 Å². The van der Waals surface area contributed by atoms with Crippen molar-refractivity contribution < 1.29 is 19.0 Å². The SMILES string of the molecule is COc1ccc(COC(=O)CCCn2cnc3c(C)cccc3c2=O)cc1OC. The number of hydrogen-bond acceptors (Lipinski definition) is 6. The molecule has 0 saturated carbocycles. The van der Waals surface area contributed by atoms with Crippen molar-refractivity contribution in [3.63, 3.8) is 0 Å². The van der Waals surface area contributed by atoms with E-state index in [0.29, 0.717) is 35.4 Å². The van der Waals surface area contributed by atoms with E-state index in [2.05, 4.69) is 4.98 Å². The van der Waals surface area contributed by atoms with Crippen LogP contribution in [0.4, 0.5) is 0 Å². The van der Waals surface area contributed by atoms with E-state index in [1.54, 1.807) is 32.4 Å². The van der Waals surface area contributed by atoms with E-state index < -0.39 is 0 Å². The van der Waals surface area contributed by atoms with Gasteiger partial charge in [-0.15, -0.1) is 0 Å². The van der Waals surface area contributed by atoms with Gasteiger partial charge in [0, 0.05) is 13.0 Å². The normalized spacial score (nSPS) is 10.7. The van der Waals surface area contributed by atoms with Crippen LogP contribution >= 0.6 is 0 Å². The summed E-state index contributed by atoms with van der Waals surface area (Å²) in [6.45, 7) is 2.48. The average molecular weight is 396 g/mol. The molecule has 3 aromatic rings. The molecule has 7 heteroatoms. The predicted molar refractivity (Wildman–Crippen MR) is 109 cm³/mol. The monoisotopic (exact) mass is 396 g/mol. The Hall–Kier alpha value is -3.35. The van der Waals surface area contributed by atoms with Crippen LogP contribution in [-0.4, -0.2) is 29.7 Å². The number of hydrogen-bond donors (Lipinski definition) is 0. The number of carbonyl (C=O) groups excluding carboxylic acids is 1. The minimum atomic E-state index is -0.322. The number of nitrogens with zero attached hydrogens (tertiary/aromatic N) is 2. The summed E-state index contributed by atoms with van der Waals surface area (Å²) in [7, 11) is 3.12. The van der Waals surface area contributed by atoms with E-state index in [1.165, 1.54) is 10.9 Å². The summed E-state index contributed by atoms with van der Waals surface area (Å²) in [4.78, 5) is 29.0. The predicted octanol–water partition coefficient (Wildman–Crippen LogP) is 3.25. The summed E-state index contributed by atoms with van der Waals surface area (Å²) in [5.74, 6) is 0.879. The lowest BCUT2D eigenvalue weighted by molar-refractivity contribution is -0.145. The maximum atomic E-state index is 12.6. The van der Waals surface area contributed by atoms with Gasteiger partial charge in [0.15, 0.2) is 11.5 Å². The molecule has 0 saturated heterocycles. The molecule has 3 rings (SSSR count). The molecule has 1 aromatic heterocycles. The first-order valence-electron chi connectivity index (χ1n) is 9.34. The fraction of sp³-hybridized carbons (Fsp3) is 0.318. The number of aromatic nitrogens is 2. The van der Waals surface area contributed by atoms with Gasteiger partial charge in [0.05, 0.1) is 31.4 Å². The minimum absolute atomic E-state index is 0.0996. The zero-order chi connectivity index (χ0) is 20.8. The van der Waals surface area contributed by atoms with Gasteiger partial charge in [-0.05, 0) is 42.7 Å². The van der Waals surface area contributed by atoms with Crippen molar-refractivity contribution in [2.75, 3.05) is 14.2 Å². The molecule has 0 bridgehead atoms. The van der Waals surface area contributed by atoms with E-state index >= 15 is 0 Å². The Morgan fingerprint density at radius 2 is 1.90 bits per heavy atom. The summed E-state index contributed by atoms with van der Waals surface area (Å²) < 4.78 is 17.3. The van der Waals surface area contributed by atoms with Gasteiger partial charge in [0.1, 0.15) is 6.61 Å². The molecule has 0 aliphatic rings. The van der Waals surface area contributed by atoms with Crippen molar-refractivity contribution in [3.8, 4) is 11.5 Å². The maximum absolute atomic E-state index is 12.6. The molecular formula is C22H24N2O5. The Labute approximate surface area is 168 Å². The highest BCUT2D eigenvalue weighted by atomic mass is 16.5. The summed E-state index contributed by atoms with van der Waals surface area (Å²) in [5.41, 5.74) is 2.38. The second-order valence-electron chi connectivity index (χ2n) is 6.67. The molecule has 0 radical (unpaired) electrons. The Balaban J connectivity index is 1.53. The molecule has 2 aromatic carbocycles. The third kappa shape index (κ3) is 4.74. The number of rotatable bonds is 8. The first kappa shape index (κ1) is 20.4. The molecule has 7 nitrogen and oxygen atoms in total. The number of esters is 1. The van der Waals surface area contributed by atoms with Gasteiger partial charge in [-0.25, -0.2) is 4.98 Å². The number of para-hydroxylation sites is 1.